The minimum absolute atomic E-state index is 0.0160. The molecule has 4 rings (SSSR count). The van der Waals surface area contributed by atoms with E-state index in [-0.39, 0.29) is 29.4 Å². The van der Waals surface area contributed by atoms with Crippen LogP contribution in [0.4, 0.5) is 5.69 Å². The lowest BCUT2D eigenvalue weighted by Crippen LogP contribution is -2.40. The molecule has 4 N–H and O–H groups in total. The van der Waals surface area contributed by atoms with E-state index in [0.717, 1.165) is 11.1 Å². The first-order valence-electron chi connectivity index (χ1n) is 8.57. The molecule has 2 aromatic carbocycles. The van der Waals surface area contributed by atoms with E-state index in [2.05, 4.69) is 16.9 Å². The van der Waals surface area contributed by atoms with Crippen molar-refractivity contribution < 1.29 is 9.66 Å². The second-order valence-corrected chi connectivity index (χ2v) is 7.09. The summed E-state index contributed by atoms with van der Waals surface area (Å²) in [6.45, 7) is 0. The Kier molecular flexibility index (Phi) is 4.65. The molecular formula is C19H16ClN5O3. The number of nitrogens with one attached hydrogen (secondary N) is 2. The molecule has 0 radical (unpaired) electrons. The lowest BCUT2D eigenvalue weighted by atomic mass is 9.74. The second kappa shape index (κ2) is 7.13. The van der Waals surface area contributed by atoms with E-state index in [1.165, 1.54) is 12.1 Å². The summed E-state index contributed by atoms with van der Waals surface area (Å²) in [5, 5.41) is 21.2. The molecule has 0 aromatic heterocycles. The molecule has 2 aliphatic rings. The molecule has 1 saturated heterocycles. The van der Waals surface area contributed by atoms with Crippen molar-refractivity contribution in [2.24, 2.45) is 11.7 Å². The van der Waals surface area contributed by atoms with Crippen LogP contribution in [0, 0.1) is 27.4 Å². The third kappa shape index (κ3) is 3.05. The number of ether oxygens (including phenoxy) is 1. The van der Waals surface area contributed by atoms with Crippen molar-refractivity contribution >= 4 is 17.3 Å². The molecule has 2 aliphatic heterocycles. The smallest absolute Gasteiger partial charge is 0.269 e. The molecule has 4 atom stereocenters. The summed E-state index contributed by atoms with van der Waals surface area (Å²) in [4.78, 5) is 10.5. The first kappa shape index (κ1) is 18.3. The average molecular weight is 398 g/mol. The highest BCUT2D eigenvalue weighted by Crippen LogP contribution is 2.47. The van der Waals surface area contributed by atoms with Crippen LogP contribution in [0.2, 0.25) is 5.02 Å². The molecule has 2 aromatic rings. The second-order valence-electron chi connectivity index (χ2n) is 6.65. The van der Waals surface area contributed by atoms with Crippen molar-refractivity contribution in [2.45, 2.75) is 18.2 Å². The zero-order valence-electron chi connectivity index (χ0n) is 14.5. The molecule has 2 heterocycles. The van der Waals surface area contributed by atoms with Crippen molar-refractivity contribution in [1.82, 2.24) is 10.9 Å². The van der Waals surface area contributed by atoms with Crippen LogP contribution < -0.4 is 16.6 Å². The third-order valence-electron chi connectivity index (χ3n) is 5.14. The predicted molar refractivity (Wildman–Crippen MR) is 101 cm³/mol. The number of nitrogens with two attached hydrogens (primary N) is 1. The monoisotopic (exact) mass is 397 g/mol. The van der Waals surface area contributed by atoms with Crippen LogP contribution in [-0.4, -0.2) is 11.2 Å². The van der Waals surface area contributed by atoms with Gasteiger partial charge in [-0.05, 0) is 23.3 Å². The molecule has 0 aliphatic carbocycles. The van der Waals surface area contributed by atoms with Crippen LogP contribution in [0.1, 0.15) is 23.1 Å². The van der Waals surface area contributed by atoms with Gasteiger partial charge in [0.15, 0.2) is 6.23 Å². The highest BCUT2D eigenvalue weighted by atomic mass is 35.5. The lowest BCUT2D eigenvalue weighted by Gasteiger charge is -2.36. The van der Waals surface area contributed by atoms with E-state index in [0.29, 0.717) is 10.6 Å². The zero-order chi connectivity index (χ0) is 19.8. The Hall–Kier alpha value is -3.12. The number of allylic oxidation sites excluding steroid dienone is 1. The predicted octanol–water partition coefficient (Wildman–Crippen LogP) is 2.85. The number of rotatable bonds is 3. The van der Waals surface area contributed by atoms with Gasteiger partial charge in [0.05, 0.1) is 16.5 Å². The Morgan fingerprint density at radius 1 is 1.11 bits per heavy atom. The number of halogens is 1. The highest BCUT2D eigenvalue weighted by molar-refractivity contribution is 6.30. The quantitative estimate of drug-likeness (QED) is 0.536. The van der Waals surface area contributed by atoms with Gasteiger partial charge >= 0.3 is 0 Å². The summed E-state index contributed by atoms with van der Waals surface area (Å²) in [6, 6.07) is 15.5. The van der Waals surface area contributed by atoms with Crippen LogP contribution in [0.15, 0.2) is 60.0 Å². The van der Waals surface area contributed by atoms with Crippen molar-refractivity contribution in [2.75, 3.05) is 0 Å². The van der Waals surface area contributed by atoms with E-state index in [1.54, 1.807) is 24.3 Å². The Balaban J connectivity index is 1.77. The Morgan fingerprint density at radius 2 is 1.75 bits per heavy atom. The van der Waals surface area contributed by atoms with E-state index < -0.39 is 11.2 Å². The fourth-order valence-electron chi connectivity index (χ4n) is 3.85. The Morgan fingerprint density at radius 3 is 2.36 bits per heavy atom. The van der Waals surface area contributed by atoms with E-state index in [4.69, 9.17) is 22.1 Å². The zero-order valence-corrected chi connectivity index (χ0v) is 15.3. The number of hydrazine groups is 1. The van der Waals surface area contributed by atoms with Gasteiger partial charge in [0, 0.05) is 29.0 Å². The van der Waals surface area contributed by atoms with E-state index in [9.17, 15) is 15.4 Å². The fraction of sp³-hybridized carbons (Fsp3) is 0.211. The number of benzene rings is 2. The molecule has 9 heteroatoms. The van der Waals surface area contributed by atoms with E-state index >= 15 is 0 Å². The van der Waals surface area contributed by atoms with Gasteiger partial charge in [-0.15, -0.1) is 0 Å². The summed E-state index contributed by atoms with van der Waals surface area (Å²) >= 11 is 6.02. The summed E-state index contributed by atoms with van der Waals surface area (Å²) < 4.78 is 5.73. The molecule has 8 nitrogen and oxygen atoms in total. The number of nitriles is 1. The fourth-order valence-corrected chi connectivity index (χ4v) is 3.98. The molecule has 0 amide bonds. The molecule has 28 heavy (non-hydrogen) atoms. The van der Waals surface area contributed by atoms with Gasteiger partial charge in [-0.25, -0.2) is 10.9 Å². The first-order valence-corrected chi connectivity index (χ1v) is 8.94. The number of fused-ring (bicyclic) bond motifs is 1. The van der Waals surface area contributed by atoms with Gasteiger partial charge in [0.25, 0.3) is 5.69 Å². The summed E-state index contributed by atoms with van der Waals surface area (Å²) in [7, 11) is 0. The summed E-state index contributed by atoms with van der Waals surface area (Å²) in [5.74, 6) is -0.448. The summed E-state index contributed by atoms with van der Waals surface area (Å²) in [5.41, 5.74) is 14.4. The number of nitrogens with zero attached hydrogens (tertiary/aromatic N) is 2. The molecule has 0 bridgehead atoms. The van der Waals surface area contributed by atoms with Gasteiger partial charge < -0.3 is 10.5 Å². The molecule has 1 fully saturated rings. The SMILES string of the molecule is N#CC1=C(N)OC2NNC(c3ccc([N+](=O)[O-])cc3)C2C1c1ccc(Cl)cc1. The average Bonchev–Trinajstić information content (AvgIpc) is 3.11. The van der Waals surface area contributed by atoms with Gasteiger partial charge in [0.2, 0.25) is 5.88 Å². The molecule has 142 valence electrons. The van der Waals surface area contributed by atoms with Crippen LogP contribution in [0.25, 0.3) is 0 Å². The van der Waals surface area contributed by atoms with Crippen LogP contribution in [-0.2, 0) is 4.74 Å². The van der Waals surface area contributed by atoms with Crippen LogP contribution in [0.3, 0.4) is 0 Å². The topological polar surface area (TPSA) is 126 Å². The van der Waals surface area contributed by atoms with Crippen molar-refractivity contribution in [3.05, 3.63) is 86.3 Å². The number of hydrogen-bond acceptors (Lipinski definition) is 7. The maximum atomic E-state index is 10.9. The molecule has 4 unspecified atom stereocenters. The van der Waals surface area contributed by atoms with E-state index in [1.807, 2.05) is 12.1 Å². The molecule has 0 spiro atoms. The lowest BCUT2D eigenvalue weighted by molar-refractivity contribution is -0.384. The van der Waals surface area contributed by atoms with Crippen LogP contribution in [0.5, 0.6) is 0 Å². The number of nitro benzene ring substituents is 1. The first-order chi connectivity index (χ1) is 13.5. The minimum Gasteiger partial charge on any atom is -0.458 e. The van der Waals surface area contributed by atoms with Crippen molar-refractivity contribution in [3.63, 3.8) is 0 Å². The highest BCUT2D eigenvalue weighted by Gasteiger charge is 2.49. The maximum absolute atomic E-state index is 10.9. The third-order valence-corrected chi connectivity index (χ3v) is 5.40. The maximum Gasteiger partial charge on any atom is 0.269 e. The standard InChI is InChI=1S/C19H16ClN5O3/c20-12-5-1-10(2-6-12)15-14(9-21)18(22)28-19-16(15)17(23-24-19)11-3-7-13(8-4-11)25(26)27/h1-8,15-17,19,23-24H,22H2. The molecular weight excluding hydrogens is 382 g/mol. The van der Waals surface area contributed by atoms with Crippen LogP contribution >= 0.6 is 11.6 Å². The minimum atomic E-state index is -0.460. The van der Waals surface area contributed by atoms with Crippen molar-refractivity contribution in [3.8, 4) is 6.07 Å². The largest absolute Gasteiger partial charge is 0.458 e. The Bertz CT molecular complexity index is 984. The van der Waals surface area contributed by atoms with Gasteiger partial charge in [-0.1, -0.05) is 35.9 Å². The number of nitro groups is 1. The number of hydrogen-bond donors (Lipinski definition) is 3. The molecule has 0 saturated carbocycles. The van der Waals surface area contributed by atoms with Gasteiger partial charge in [-0.3, -0.25) is 10.1 Å². The van der Waals surface area contributed by atoms with Gasteiger partial charge in [-0.2, -0.15) is 5.26 Å². The summed E-state index contributed by atoms with van der Waals surface area (Å²) in [6.07, 6.45) is -0.460. The van der Waals surface area contributed by atoms with Gasteiger partial charge in [0.1, 0.15) is 6.07 Å². The Labute approximate surface area is 165 Å². The van der Waals surface area contributed by atoms with Crippen molar-refractivity contribution in [1.29, 1.82) is 5.26 Å². The number of non-ortho nitro benzene ring substituents is 1. The normalized spacial score (nSPS) is 26.3.